The van der Waals surface area contributed by atoms with Gasteiger partial charge < -0.3 is 78.3 Å². The van der Waals surface area contributed by atoms with Gasteiger partial charge in [0.25, 0.3) is 10.1 Å². The van der Waals surface area contributed by atoms with Crippen LogP contribution in [0.2, 0.25) is 0 Å². The molecule has 2 unspecified atom stereocenters. The summed E-state index contributed by atoms with van der Waals surface area (Å²) in [5, 5.41) is 35.5. The maximum atomic E-state index is 13.9. The summed E-state index contributed by atoms with van der Waals surface area (Å²) in [6.07, 6.45) is 12.7. The normalized spacial score (nSPS) is 13.4. The summed E-state index contributed by atoms with van der Waals surface area (Å²) in [4.78, 5) is 158. The molecule has 7 amide bonds. The minimum Gasteiger partial charge on any atom is -0.481 e. The lowest BCUT2D eigenvalue weighted by molar-refractivity contribution is -0.146. The molecule has 0 radical (unpaired) electrons. The predicted molar refractivity (Wildman–Crippen MR) is 400 cm³/mol. The van der Waals surface area contributed by atoms with Gasteiger partial charge in [0.1, 0.15) is 36.9 Å². The minimum absolute atomic E-state index is 0. The molecule has 0 aliphatic heterocycles. The number of guanidine groups is 1. The molecule has 0 aliphatic rings. The number of aryl methyl sites for hydroxylation is 1. The molecule has 0 saturated heterocycles. The van der Waals surface area contributed by atoms with Crippen LogP contribution in [0.15, 0.2) is 29.3 Å². The fraction of sp³-hybridized carbons (Fsp3) is 0.732. The van der Waals surface area contributed by atoms with Crippen LogP contribution in [0.25, 0.3) is 0 Å². The number of carbonyl (C=O) groups excluding carboxylic acids is 10. The molecule has 1 aromatic carbocycles. The quantitative estimate of drug-likeness (QED) is 0.0164. The van der Waals surface area contributed by atoms with E-state index in [0.29, 0.717) is 25.7 Å². The number of Topliss-reactive ketones (excluding diaryl/α,β-unsaturated/α-hetero) is 3. The molecule has 0 aromatic heterocycles. The highest BCUT2D eigenvalue weighted by molar-refractivity contribution is 7.85. The number of ketones is 3. The van der Waals surface area contributed by atoms with Crippen LogP contribution in [0.3, 0.4) is 0 Å². The second-order valence-corrected chi connectivity index (χ2v) is 28.2. The van der Waals surface area contributed by atoms with Crippen molar-refractivity contribution in [2.45, 2.75) is 220 Å². The second kappa shape index (κ2) is 55.9. The number of carbonyl (C=O) groups is 12. The molecule has 1 aromatic rings. The van der Waals surface area contributed by atoms with Crippen LogP contribution in [0.1, 0.15) is 209 Å². The van der Waals surface area contributed by atoms with Gasteiger partial charge in [-0.3, -0.25) is 62.3 Å². The van der Waals surface area contributed by atoms with Crippen molar-refractivity contribution in [1.82, 2.24) is 31.9 Å². The lowest BCUT2D eigenvalue weighted by atomic mass is 9.83. The number of carboxylic acids is 2. The maximum Gasteiger partial charge on any atom is 0.326 e. The Morgan fingerprint density at radius 3 is 1.57 bits per heavy atom. The fourth-order valence-corrected chi connectivity index (χ4v) is 11.7. The standard InChI is InChI=1S/C71H120N10O21S.7H2/c1-49(2)42-56(82)44-54(60(83)45-55(69(92)93)46-63(86)79-52(5)66(89)51(4)57(23-21-32-78-71(73)74)68(91)81-59(67(72)90)43-53-27-25-50(3)26-28-53)22-18-19-31-75-64(87)47-101-39-38-100-36-34-77-65(88)48-102-40-37-99-35-33-76-61(84)30-29-58(70(94)95)80-62(85)24-17-15-13-11-9-7-6-8-10-12-14-16-20-41-103(96,97)98;;;;;;;/h25-28,49,51-52,54-55,57-59H,6-24,29-48H2,1-5H3,(H2,72,90)(H,75,87)(H,76,84)(H,77,88)(H,79,86)(H,80,85)(H,81,91)(H,92,93)(H,94,95)(H4,73,74,78)(H,96,97,98);7*1H/t51?,52-,54+,55-,57?,58-,59-;;;;;;;/m0......./s1. The van der Waals surface area contributed by atoms with Crippen molar-refractivity contribution in [2.75, 3.05) is 84.8 Å². The highest BCUT2D eigenvalue weighted by Crippen LogP contribution is 2.25. The molecule has 32 heteroatoms. The van der Waals surface area contributed by atoms with Crippen LogP contribution < -0.4 is 49.1 Å². The Balaban J connectivity index is -0.00000303. The first kappa shape index (κ1) is 93.5. The van der Waals surface area contributed by atoms with Crippen molar-refractivity contribution in [2.24, 2.45) is 51.8 Å². The SMILES string of the molecule is Cc1ccc(C[C@H](NC(=O)C(CCCN=C(N)N)C(C)C(=O)[C@H](C)NC(=O)C[C@H](CC(=O)[C@H](CCCCNC(=O)COCCOCCNC(=O)COCCOCCNC(=O)CC[C@H](NC(=O)CCCCCCCCCCCCCCCS(=O)(=O)O)C(=O)O)CC(=O)CC(C)C)C(=O)O)C(N)=O)cc1.[HH].[HH].[HH].[HH].[HH].[HH].[HH]. The third kappa shape index (κ3) is 49.7. The molecule has 7 atom stereocenters. The Morgan fingerprint density at radius 2 is 1.05 bits per heavy atom. The molecule has 0 spiro atoms. The highest BCUT2D eigenvalue weighted by Gasteiger charge is 2.36. The van der Waals surface area contributed by atoms with E-state index in [9.17, 15) is 76.2 Å². The van der Waals surface area contributed by atoms with Gasteiger partial charge in [-0.2, -0.15) is 8.42 Å². The number of benzene rings is 1. The number of hydrogen-bond donors (Lipinski definition) is 12. The van der Waals surface area contributed by atoms with E-state index in [-0.39, 0.29) is 176 Å². The minimum atomic E-state index is -3.87. The molecule has 103 heavy (non-hydrogen) atoms. The van der Waals surface area contributed by atoms with Crippen LogP contribution in [-0.4, -0.2) is 203 Å². The van der Waals surface area contributed by atoms with Gasteiger partial charge in [0.2, 0.25) is 41.4 Å². The average Bonchev–Trinajstić information content (AvgIpc) is 0.863. The van der Waals surface area contributed by atoms with E-state index in [2.05, 4.69) is 36.9 Å². The Kier molecular flexibility index (Phi) is 50.8. The number of unbranched alkanes of at least 4 members (excludes halogenated alkanes) is 13. The number of nitrogens with two attached hydrogens (primary N) is 3. The number of hydrogen-bond acceptors (Lipinski definition) is 19. The molecule has 0 aliphatic carbocycles. The molecule has 31 nitrogen and oxygen atoms in total. The van der Waals surface area contributed by atoms with E-state index < -0.39 is 124 Å². The average molecular weight is 1500 g/mol. The van der Waals surface area contributed by atoms with Gasteiger partial charge in [-0.1, -0.05) is 128 Å². The van der Waals surface area contributed by atoms with E-state index in [0.717, 1.165) is 81.8 Å². The molecule has 15 N–H and O–H groups in total. The number of primary amides is 1. The van der Waals surface area contributed by atoms with Crippen LogP contribution in [0, 0.1) is 36.5 Å². The first-order valence-corrected chi connectivity index (χ1v) is 37.9. The third-order valence-corrected chi connectivity index (χ3v) is 17.7. The van der Waals surface area contributed by atoms with Gasteiger partial charge >= 0.3 is 11.9 Å². The van der Waals surface area contributed by atoms with Crippen LogP contribution in [-0.2, 0) is 93.0 Å². The molecular formula is C71H134N10O21S. The monoisotopic (exact) mass is 1490 g/mol. The fourth-order valence-electron chi connectivity index (χ4n) is 11.2. The molecule has 1 rings (SSSR count). The largest absolute Gasteiger partial charge is 0.481 e. The van der Waals surface area contributed by atoms with Crippen molar-refractivity contribution < 1.29 is 110 Å². The highest BCUT2D eigenvalue weighted by atomic mass is 32.2. The van der Waals surface area contributed by atoms with E-state index >= 15 is 0 Å². The lowest BCUT2D eigenvalue weighted by Gasteiger charge is -2.27. The topological polar surface area (TPSA) is 499 Å². The summed E-state index contributed by atoms with van der Waals surface area (Å²) in [5.41, 5.74) is 18.4. The van der Waals surface area contributed by atoms with Crippen LogP contribution >= 0.6 is 0 Å². The zero-order valence-electron chi connectivity index (χ0n) is 61.3. The van der Waals surface area contributed by atoms with Gasteiger partial charge in [-0.25, -0.2) is 4.79 Å². The van der Waals surface area contributed by atoms with Crippen LogP contribution in [0.4, 0.5) is 0 Å². The van der Waals surface area contributed by atoms with Crippen molar-refractivity contribution in [3.05, 3.63) is 35.4 Å². The van der Waals surface area contributed by atoms with Gasteiger partial charge in [-0.05, 0) is 70.3 Å². The van der Waals surface area contributed by atoms with Gasteiger partial charge in [0, 0.05) is 98.9 Å². The maximum absolute atomic E-state index is 13.9. The molecule has 0 heterocycles. The third-order valence-electron chi connectivity index (χ3n) is 16.9. The van der Waals surface area contributed by atoms with E-state index in [1.165, 1.54) is 13.8 Å². The first-order chi connectivity index (χ1) is 48.9. The number of nitrogens with zero attached hydrogens (tertiary/aromatic N) is 1. The van der Waals surface area contributed by atoms with Gasteiger partial charge in [0.05, 0.1) is 57.4 Å². The van der Waals surface area contributed by atoms with Crippen molar-refractivity contribution >= 4 is 86.7 Å². The summed E-state index contributed by atoms with van der Waals surface area (Å²) >= 11 is 0. The second-order valence-electron chi connectivity index (χ2n) is 26.6. The number of carboxylic acid groups (broad SMARTS) is 2. The summed E-state index contributed by atoms with van der Waals surface area (Å²) in [6, 6.07) is 3.78. The first-order valence-electron chi connectivity index (χ1n) is 36.3. The Hall–Kier alpha value is -7.52. The molecule has 600 valence electrons. The van der Waals surface area contributed by atoms with Gasteiger partial charge in [-0.15, -0.1) is 0 Å². The van der Waals surface area contributed by atoms with Crippen molar-refractivity contribution in [3.8, 4) is 0 Å². The number of aliphatic carboxylic acids is 2. The summed E-state index contributed by atoms with van der Waals surface area (Å²) in [6.45, 7) is 9.37. The Bertz CT molecular complexity index is 2920. The summed E-state index contributed by atoms with van der Waals surface area (Å²) < 4.78 is 51.8. The molecular weight excluding hydrogens is 1360 g/mol. The molecule has 0 fully saturated rings. The Labute approximate surface area is 617 Å². The lowest BCUT2D eigenvalue weighted by Crippen LogP contribution is -2.51. The van der Waals surface area contributed by atoms with Crippen molar-refractivity contribution in [3.63, 3.8) is 0 Å². The number of aliphatic imine (C=N–C) groups is 1. The van der Waals surface area contributed by atoms with E-state index in [1.807, 2.05) is 32.9 Å². The molecule has 0 bridgehead atoms. The van der Waals surface area contributed by atoms with Gasteiger partial charge in [0.15, 0.2) is 11.7 Å². The van der Waals surface area contributed by atoms with E-state index in [4.69, 9.17) is 40.7 Å². The number of ether oxygens (including phenoxy) is 4. The summed E-state index contributed by atoms with van der Waals surface area (Å²) in [7, 11) is -3.87. The number of nitrogens with one attached hydrogen (secondary N) is 6. The zero-order chi connectivity index (χ0) is 77.0. The van der Waals surface area contributed by atoms with E-state index in [1.54, 1.807) is 12.1 Å². The number of amides is 7. The van der Waals surface area contributed by atoms with Crippen LogP contribution in [0.5, 0.6) is 0 Å². The summed E-state index contributed by atoms with van der Waals surface area (Å²) in [5.74, 6) is -12.6. The predicted octanol–water partition coefficient (Wildman–Crippen LogP) is 5.57. The number of rotatable bonds is 65. The Morgan fingerprint density at radius 1 is 0.515 bits per heavy atom. The smallest absolute Gasteiger partial charge is 0.326 e. The van der Waals surface area contributed by atoms with Crippen molar-refractivity contribution in [1.29, 1.82) is 0 Å². The zero-order valence-corrected chi connectivity index (χ0v) is 62.1. The molecule has 0 saturated carbocycles.